The number of benzene rings is 1. The molecular formula is C13H14F3N3O4S. The second kappa shape index (κ2) is 6.77. The Morgan fingerprint density at radius 2 is 1.88 bits per heavy atom. The van der Waals surface area contributed by atoms with Gasteiger partial charge >= 0.3 is 6.18 Å². The summed E-state index contributed by atoms with van der Waals surface area (Å²) in [4.78, 5) is 22.7. The first-order valence-electron chi connectivity index (χ1n) is 6.81. The molecule has 0 saturated carbocycles. The first-order valence-corrected chi connectivity index (χ1v) is 8.25. The van der Waals surface area contributed by atoms with E-state index in [4.69, 9.17) is 0 Å². The predicted molar refractivity (Wildman–Crippen MR) is 76.6 cm³/mol. The molecule has 2 N–H and O–H groups in total. The normalized spacial score (nSPS) is 16.5. The third-order valence-corrected chi connectivity index (χ3v) is 5.07. The van der Waals surface area contributed by atoms with Crippen LogP contribution in [-0.4, -0.2) is 56.9 Å². The van der Waals surface area contributed by atoms with Gasteiger partial charge in [-0.2, -0.15) is 17.5 Å². The average Bonchev–Trinajstić information content (AvgIpc) is 2.52. The first-order chi connectivity index (χ1) is 11.1. The van der Waals surface area contributed by atoms with E-state index in [-0.39, 0.29) is 30.1 Å². The number of hydrogen-bond donors (Lipinski definition) is 2. The molecule has 1 fully saturated rings. The molecule has 0 bridgehead atoms. The number of amides is 2. The van der Waals surface area contributed by atoms with E-state index in [9.17, 15) is 31.2 Å². The monoisotopic (exact) mass is 365 g/mol. The molecule has 1 aliphatic heterocycles. The molecule has 1 aromatic carbocycles. The summed E-state index contributed by atoms with van der Waals surface area (Å²) >= 11 is 0. The van der Waals surface area contributed by atoms with Crippen molar-refractivity contribution < 1.29 is 31.2 Å². The van der Waals surface area contributed by atoms with Crippen LogP contribution in [0.25, 0.3) is 0 Å². The van der Waals surface area contributed by atoms with E-state index in [1.165, 1.54) is 0 Å². The van der Waals surface area contributed by atoms with E-state index in [1.807, 2.05) is 0 Å². The molecule has 2 amide bonds. The zero-order valence-corrected chi connectivity index (χ0v) is 13.1. The summed E-state index contributed by atoms with van der Waals surface area (Å²) in [7, 11) is -3.91. The highest BCUT2D eigenvalue weighted by atomic mass is 32.2. The van der Waals surface area contributed by atoms with Gasteiger partial charge in [-0.25, -0.2) is 8.42 Å². The van der Waals surface area contributed by atoms with Gasteiger partial charge in [0.1, 0.15) is 6.54 Å². The zero-order valence-electron chi connectivity index (χ0n) is 12.3. The minimum atomic E-state index is -4.53. The van der Waals surface area contributed by atoms with Gasteiger partial charge in [-0.3, -0.25) is 9.59 Å². The van der Waals surface area contributed by atoms with Crippen molar-refractivity contribution in [1.29, 1.82) is 0 Å². The van der Waals surface area contributed by atoms with Crippen molar-refractivity contribution in [3.05, 3.63) is 29.8 Å². The largest absolute Gasteiger partial charge is 0.405 e. The van der Waals surface area contributed by atoms with E-state index >= 15 is 0 Å². The molecule has 11 heteroatoms. The lowest BCUT2D eigenvalue weighted by Gasteiger charge is -2.25. The van der Waals surface area contributed by atoms with Gasteiger partial charge in [0.05, 0.1) is 11.4 Å². The molecular weight excluding hydrogens is 351 g/mol. The first kappa shape index (κ1) is 18.2. The van der Waals surface area contributed by atoms with Gasteiger partial charge in [-0.05, 0) is 24.3 Å². The molecule has 0 atom stereocenters. The molecule has 7 nitrogen and oxygen atoms in total. The van der Waals surface area contributed by atoms with E-state index in [0.29, 0.717) is 0 Å². The fourth-order valence-corrected chi connectivity index (χ4v) is 3.43. The summed E-state index contributed by atoms with van der Waals surface area (Å²) in [5.41, 5.74) is -0.102. The van der Waals surface area contributed by atoms with Crippen LogP contribution in [0, 0.1) is 0 Å². The second-order valence-corrected chi connectivity index (χ2v) is 6.95. The number of carbonyl (C=O) groups is 2. The van der Waals surface area contributed by atoms with Crippen LogP contribution in [0.1, 0.15) is 10.4 Å². The number of halogens is 3. The fraction of sp³-hybridized carbons (Fsp3) is 0.385. The van der Waals surface area contributed by atoms with Crippen molar-refractivity contribution in [2.75, 3.05) is 26.2 Å². The van der Waals surface area contributed by atoms with Gasteiger partial charge in [-0.15, -0.1) is 0 Å². The molecule has 0 aliphatic carbocycles. The van der Waals surface area contributed by atoms with Crippen LogP contribution in [0.3, 0.4) is 0 Å². The highest BCUT2D eigenvalue weighted by Gasteiger charge is 2.30. The van der Waals surface area contributed by atoms with Crippen molar-refractivity contribution in [3.8, 4) is 0 Å². The van der Waals surface area contributed by atoms with Gasteiger partial charge < -0.3 is 10.6 Å². The maximum Gasteiger partial charge on any atom is 0.405 e. The maximum atomic E-state index is 12.4. The fourth-order valence-electron chi connectivity index (χ4n) is 2.03. The lowest BCUT2D eigenvalue weighted by atomic mass is 10.2. The second-order valence-electron chi connectivity index (χ2n) is 5.01. The molecule has 0 spiro atoms. The molecule has 24 heavy (non-hydrogen) atoms. The Kier molecular flexibility index (Phi) is 5.13. The lowest BCUT2D eigenvalue weighted by molar-refractivity contribution is -0.123. The molecule has 0 radical (unpaired) electrons. The van der Waals surface area contributed by atoms with Crippen molar-refractivity contribution >= 4 is 21.8 Å². The van der Waals surface area contributed by atoms with Crippen molar-refractivity contribution in [2.24, 2.45) is 0 Å². The standard InChI is InChI=1S/C13H14F3N3O4S/c14-13(15,16)8-18-12(21)9-1-3-10(4-2-9)24(22,23)19-6-5-17-11(20)7-19/h1-4H,5-8H2,(H,17,20)(H,18,21). The van der Waals surface area contributed by atoms with Gasteiger partial charge in [0.15, 0.2) is 0 Å². The van der Waals surface area contributed by atoms with Crippen LogP contribution in [-0.2, 0) is 14.8 Å². The zero-order chi connectivity index (χ0) is 18.0. The number of alkyl halides is 3. The molecule has 1 saturated heterocycles. The smallest absolute Gasteiger partial charge is 0.354 e. The highest BCUT2D eigenvalue weighted by Crippen LogP contribution is 2.17. The van der Waals surface area contributed by atoms with Crippen molar-refractivity contribution in [1.82, 2.24) is 14.9 Å². The molecule has 1 aromatic rings. The minimum absolute atomic E-state index is 0.102. The number of carbonyl (C=O) groups excluding carboxylic acids is 2. The molecule has 132 valence electrons. The quantitative estimate of drug-likeness (QED) is 0.791. The SMILES string of the molecule is O=C1CN(S(=O)(=O)c2ccc(C(=O)NCC(F)(F)F)cc2)CCN1. The predicted octanol–water partition coefficient (Wildman–Crippen LogP) is 0.0992. The summed E-state index contributed by atoms with van der Waals surface area (Å²) in [6.07, 6.45) is -4.53. The third-order valence-electron chi connectivity index (χ3n) is 3.21. The van der Waals surface area contributed by atoms with Crippen molar-refractivity contribution in [3.63, 3.8) is 0 Å². The van der Waals surface area contributed by atoms with E-state index in [0.717, 1.165) is 28.6 Å². The highest BCUT2D eigenvalue weighted by molar-refractivity contribution is 7.89. The van der Waals surface area contributed by atoms with Crippen LogP contribution in [0.5, 0.6) is 0 Å². The summed E-state index contributed by atoms with van der Waals surface area (Å²) < 4.78 is 61.9. The Hall–Kier alpha value is -2.14. The van der Waals surface area contributed by atoms with Gasteiger partial charge in [0.2, 0.25) is 15.9 Å². The summed E-state index contributed by atoms with van der Waals surface area (Å²) in [6, 6.07) is 4.46. The van der Waals surface area contributed by atoms with Crippen molar-refractivity contribution in [2.45, 2.75) is 11.1 Å². The van der Waals surface area contributed by atoms with E-state index in [1.54, 1.807) is 5.32 Å². The van der Waals surface area contributed by atoms with Gasteiger partial charge in [0.25, 0.3) is 5.91 Å². The number of rotatable bonds is 4. The Morgan fingerprint density at radius 3 is 2.42 bits per heavy atom. The van der Waals surface area contributed by atoms with Crippen LogP contribution in [0.4, 0.5) is 13.2 Å². The molecule has 1 heterocycles. The number of nitrogens with zero attached hydrogens (tertiary/aromatic N) is 1. The Bertz CT molecular complexity index is 732. The van der Waals surface area contributed by atoms with Crippen LogP contribution >= 0.6 is 0 Å². The number of sulfonamides is 1. The third kappa shape index (κ3) is 4.45. The lowest BCUT2D eigenvalue weighted by Crippen LogP contribution is -2.49. The topological polar surface area (TPSA) is 95.6 Å². The average molecular weight is 365 g/mol. The molecule has 1 aliphatic rings. The van der Waals surface area contributed by atoms with E-state index in [2.05, 4.69) is 5.32 Å². The number of nitrogens with one attached hydrogen (secondary N) is 2. The van der Waals surface area contributed by atoms with Crippen LogP contribution in [0.15, 0.2) is 29.2 Å². The summed E-state index contributed by atoms with van der Waals surface area (Å²) in [5, 5.41) is 4.19. The maximum absolute atomic E-state index is 12.4. The molecule has 2 rings (SSSR count). The van der Waals surface area contributed by atoms with Gasteiger partial charge in [0, 0.05) is 18.7 Å². The molecule has 0 aromatic heterocycles. The summed E-state index contributed by atoms with van der Waals surface area (Å²) in [5.74, 6) is -1.39. The Balaban J connectivity index is 2.11. The van der Waals surface area contributed by atoms with Crippen LogP contribution < -0.4 is 10.6 Å². The summed E-state index contributed by atoms with van der Waals surface area (Å²) in [6.45, 7) is -1.48. The van der Waals surface area contributed by atoms with Gasteiger partial charge in [-0.1, -0.05) is 0 Å². The minimum Gasteiger partial charge on any atom is -0.354 e. The molecule has 0 unspecified atom stereocenters. The van der Waals surface area contributed by atoms with Crippen LogP contribution in [0.2, 0.25) is 0 Å². The van der Waals surface area contributed by atoms with E-state index < -0.39 is 34.6 Å². The number of hydrogen-bond acceptors (Lipinski definition) is 4. The Morgan fingerprint density at radius 1 is 1.25 bits per heavy atom. The Labute approximate surface area is 135 Å². The number of piperazine rings is 1.